The molecule has 2 aromatic heterocycles. The van der Waals surface area contributed by atoms with Gasteiger partial charge in [-0.1, -0.05) is 0 Å². The summed E-state index contributed by atoms with van der Waals surface area (Å²) in [5, 5.41) is 4.79. The molecule has 0 radical (unpaired) electrons. The molecule has 0 atom stereocenters. The maximum Gasteiger partial charge on any atom is 0.241 e. The second-order valence-corrected chi connectivity index (χ2v) is 9.38. The van der Waals surface area contributed by atoms with Gasteiger partial charge in [0.05, 0.1) is 8.68 Å². The van der Waals surface area contributed by atoms with Gasteiger partial charge in [0.1, 0.15) is 0 Å². The van der Waals surface area contributed by atoms with Gasteiger partial charge in [-0.15, -0.1) is 22.7 Å². The third-order valence-corrected chi connectivity index (χ3v) is 6.90. The van der Waals surface area contributed by atoms with Crippen LogP contribution < -0.4 is 10.0 Å². The summed E-state index contributed by atoms with van der Waals surface area (Å²) in [6, 6.07) is 5.62. The Bertz CT molecular complexity index is 664. The van der Waals surface area contributed by atoms with Crippen molar-refractivity contribution in [2.45, 2.75) is 17.9 Å². The normalized spacial score (nSPS) is 11.9. The fourth-order valence-electron chi connectivity index (χ4n) is 1.73. The van der Waals surface area contributed by atoms with Gasteiger partial charge in [-0.2, -0.15) is 0 Å². The molecule has 0 saturated carbocycles. The van der Waals surface area contributed by atoms with Crippen molar-refractivity contribution in [2.24, 2.45) is 0 Å². The first-order valence-electron chi connectivity index (χ1n) is 5.98. The maximum atomic E-state index is 12.2. The molecule has 0 aliphatic rings. The predicted molar refractivity (Wildman–Crippen MR) is 88.0 cm³/mol. The van der Waals surface area contributed by atoms with Gasteiger partial charge in [-0.3, -0.25) is 0 Å². The van der Waals surface area contributed by atoms with Gasteiger partial charge in [0.15, 0.2) is 0 Å². The topological polar surface area (TPSA) is 58.2 Å². The van der Waals surface area contributed by atoms with E-state index in [0.29, 0.717) is 24.4 Å². The predicted octanol–water partition coefficient (Wildman–Crippen LogP) is 2.81. The first kappa shape index (κ1) is 16.1. The summed E-state index contributed by atoms with van der Waals surface area (Å²) in [5.74, 6) is 0. The monoisotopic (exact) mass is 394 g/mol. The van der Waals surface area contributed by atoms with Crippen molar-refractivity contribution in [1.82, 2.24) is 10.0 Å². The average Bonchev–Trinajstić information content (AvgIpc) is 2.99. The number of rotatable bonds is 7. The van der Waals surface area contributed by atoms with E-state index in [1.165, 1.54) is 11.3 Å². The van der Waals surface area contributed by atoms with Gasteiger partial charge in [0, 0.05) is 22.8 Å². The fraction of sp³-hybridized carbons (Fsp3) is 0.333. The summed E-state index contributed by atoms with van der Waals surface area (Å²) >= 11 is 6.47. The lowest BCUT2D eigenvalue weighted by molar-refractivity contribution is 0.580. The first-order valence-corrected chi connectivity index (χ1v) is 9.95. The molecule has 110 valence electrons. The molecule has 0 saturated heterocycles. The molecule has 20 heavy (non-hydrogen) atoms. The van der Waals surface area contributed by atoms with Crippen LogP contribution in [0.1, 0.15) is 9.75 Å². The van der Waals surface area contributed by atoms with E-state index in [0.717, 1.165) is 13.5 Å². The van der Waals surface area contributed by atoms with Crippen LogP contribution in [0.5, 0.6) is 0 Å². The standard InChI is InChI=1S/C12H15BrN2O2S3/c1-14-8-10-11(5-7-18-10)20(16,17)15-6-4-9-2-3-12(13)19-9/h2-3,5,7,14-15H,4,6,8H2,1H3. The van der Waals surface area contributed by atoms with Gasteiger partial charge in [0.25, 0.3) is 0 Å². The van der Waals surface area contributed by atoms with Crippen LogP contribution in [0.4, 0.5) is 0 Å². The van der Waals surface area contributed by atoms with E-state index in [9.17, 15) is 8.42 Å². The number of halogens is 1. The van der Waals surface area contributed by atoms with E-state index in [2.05, 4.69) is 26.0 Å². The highest BCUT2D eigenvalue weighted by atomic mass is 79.9. The minimum Gasteiger partial charge on any atom is -0.315 e. The molecule has 8 heteroatoms. The summed E-state index contributed by atoms with van der Waals surface area (Å²) in [6.45, 7) is 0.968. The lowest BCUT2D eigenvalue weighted by atomic mass is 10.3. The van der Waals surface area contributed by atoms with Crippen LogP contribution in [-0.2, 0) is 23.0 Å². The second kappa shape index (κ2) is 7.15. The van der Waals surface area contributed by atoms with Crippen LogP contribution >= 0.6 is 38.6 Å². The quantitative estimate of drug-likeness (QED) is 0.758. The van der Waals surface area contributed by atoms with Crippen molar-refractivity contribution in [1.29, 1.82) is 0 Å². The van der Waals surface area contributed by atoms with Crippen molar-refractivity contribution < 1.29 is 8.42 Å². The lowest BCUT2D eigenvalue weighted by Gasteiger charge is -2.07. The molecule has 0 fully saturated rings. The Hall–Kier alpha value is -0.250. The summed E-state index contributed by atoms with van der Waals surface area (Å²) in [5.41, 5.74) is 0. The third-order valence-electron chi connectivity index (χ3n) is 2.62. The summed E-state index contributed by atoms with van der Waals surface area (Å²) < 4.78 is 28.2. The highest BCUT2D eigenvalue weighted by Crippen LogP contribution is 2.23. The third kappa shape index (κ3) is 4.12. The van der Waals surface area contributed by atoms with Crippen LogP contribution in [0.3, 0.4) is 0 Å². The van der Waals surface area contributed by atoms with E-state index >= 15 is 0 Å². The Labute approximate surface area is 135 Å². The molecule has 2 aromatic rings. The summed E-state index contributed by atoms with van der Waals surface area (Å²) in [7, 11) is -1.62. The largest absolute Gasteiger partial charge is 0.315 e. The Morgan fingerprint density at radius 1 is 1.30 bits per heavy atom. The molecule has 0 aliphatic carbocycles. The molecule has 4 nitrogen and oxygen atoms in total. The molecule has 0 aromatic carbocycles. The Morgan fingerprint density at radius 2 is 2.10 bits per heavy atom. The maximum absolute atomic E-state index is 12.2. The van der Waals surface area contributed by atoms with Gasteiger partial charge in [0.2, 0.25) is 10.0 Å². The van der Waals surface area contributed by atoms with Crippen molar-refractivity contribution in [3.8, 4) is 0 Å². The molecule has 2 rings (SSSR count). The highest BCUT2D eigenvalue weighted by molar-refractivity contribution is 9.11. The van der Waals surface area contributed by atoms with E-state index in [-0.39, 0.29) is 0 Å². The number of hydrogen-bond acceptors (Lipinski definition) is 5. The van der Waals surface area contributed by atoms with Crippen LogP contribution in [0.25, 0.3) is 0 Å². The van der Waals surface area contributed by atoms with Gasteiger partial charge < -0.3 is 5.32 Å². The Kier molecular flexibility index (Phi) is 5.76. The van der Waals surface area contributed by atoms with E-state index in [1.807, 2.05) is 12.1 Å². The molecular formula is C12H15BrN2O2S3. The molecule has 0 unspecified atom stereocenters. The fourth-order valence-corrected chi connectivity index (χ4v) is 5.70. The van der Waals surface area contributed by atoms with Gasteiger partial charge in [-0.05, 0) is 53.0 Å². The van der Waals surface area contributed by atoms with Crippen molar-refractivity contribution in [3.05, 3.63) is 37.1 Å². The minimum atomic E-state index is -3.42. The van der Waals surface area contributed by atoms with Gasteiger partial charge >= 0.3 is 0 Å². The van der Waals surface area contributed by atoms with Crippen LogP contribution in [0.2, 0.25) is 0 Å². The molecule has 0 bridgehead atoms. The summed E-state index contributed by atoms with van der Waals surface area (Å²) in [4.78, 5) is 2.36. The van der Waals surface area contributed by atoms with Gasteiger partial charge in [-0.25, -0.2) is 13.1 Å². The molecular weight excluding hydrogens is 380 g/mol. The van der Waals surface area contributed by atoms with Crippen LogP contribution in [0.15, 0.2) is 32.3 Å². The summed E-state index contributed by atoms with van der Waals surface area (Å²) in [6.07, 6.45) is 0.695. The van der Waals surface area contributed by atoms with E-state index < -0.39 is 10.0 Å². The second-order valence-electron chi connectivity index (χ2n) is 4.09. The Morgan fingerprint density at radius 3 is 2.75 bits per heavy atom. The zero-order chi connectivity index (χ0) is 14.6. The van der Waals surface area contributed by atoms with Crippen molar-refractivity contribution in [2.75, 3.05) is 13.6 Å². The van der Waals surface area contributed by atoms with Crippen LogP contribution in [-0.4, -0.2) is 22.0 Å². The SMILES string of the molecule is CNCc1sccc1S(=O)(=O)NCCc1ccc(Br)s1. The van der Waals surface area contributed by atoms with E-state index in [1.54, 1.807) is 29.8 Å². The molecule has 0 spiro atoms. The zero-order valence-electron chi connectivity index (χ0n) is 10.8. The molecule has 0 aliphatic heterocycles. The van der Waals surface area contributed by atoms with Crippen LogP contribution in [0, 0.1) is 0 Å². The van der Waals surface area contributed by atoms with E-state index in [4.69, 9.17) is 0 Å². The molecule has 2 heterocycles. The highest BCUT2D eigenvalue weighted by Gasteiger charge is 2.18. The molecule has 2 N–H and O–H groups in total. The number of hydrogen-bond donors (Lipinski definition) is 2. The number of thiophene rings is 2. The number of nitrogens with one attached hydrogen (secondary N) is 2. The lowest BCUT2D eigenvalue weighted by Crippen LogP contribution is -2.26. The van der Waals surface area contributed by atoms with Crippen molar-refractivity contribution in [3.63, 3.8) is 0 Å². The number of sulfonamides is 1. The first-order chi connectivity index (χ1) is 9.53. The molecule has 0 amide bonds. The smallest absolute Gasteiger partial charge is 0.241 e. The van der Waals surface area contributed by atoms with Crippen molar-refractivity contribution >= 4 is 48.6 Å². The minimum absolute atomic E-state index is 0.379. The average molecular weight is 395 g/mol. The Balaban J connectivity index is 1.98. The zero-order valence-corrected chi connectivity index (χ0v) is 14.9.